The monoisotopic (exact) mass is 260 g/mol. The largest absolute Gasteiger partial charge is 0.361 e. The van der Waals surface area contributed by atoms with Crippen LogP contribution >= 0.6 is 0 Å². The first-order chi connectivity index (χ1) is 9.24. The summed E-state index contributed by atoms with van der Waals surface area (Å²) in [6.45, 7) is 3.29. The van der Waals surface area contributed by atoms with Crippen LogP contribution in [0.5, 0.6) is 0 Å². The Morgan fingerprint density at radius 1 is 1.58 bits per heavy atom. The van der Waals surface area contributed by atoms with Crippen LogP contribution in [0.15, 0.2) is 29.0 Å². The number of hydrogen-bond acceptors (Lipinski definition) is 4. The Morgan fingerprint density at radius 2 is 2.47 bits per heavy atom. The summed E-state index contributed by atoms with van der Waals surface area (Å²) in [7, 11) is 0. The minimum atomic E-state index is -0.0495. The summed E-state index contributed by atoms with van der Waals surface area (Å²) in [5.41, 5.74) is 0.393. The van der Waals surface area contributed by atoms with Crippen LogP contribution in [0, 0.1) is 6.92 Å². The minimum absolute atomic E-state index is 0.0495. The van der Waals surface area contributed by atoms with Crippen LogP contribution in [0.25, 0.3) is 0 Å². The standard InChI is InChI=1S/C13H16N4O2/c1-10-8-12(15-19-10)13(18)17-7-2-4-11(17)9-16-6-3-5-14-16/h3,5-6,8,11H,2,4,7,9H2,1H3/t11-/m1/s1. The fourth-order valence-corrected chi connectivity index (χ4v) is 2.53. The Hall–Kier alpha value is -2.11. The van der Waals surface area contributed by atoms with E-state index in [4.69, 9.17) is 4.52 Å². The minimum Gasteiger partial charge on any atom is -0.361 e. The van der Waals surface area contributed by atoms with E-state index in [1.807, 2.05) is 21.8 Å². The molecule has 2 aromatic heterocycles. The van der Waals surface area contributed by atoms with E-state index in [0.717, 1.165) is 25.9 Å². The normalized spacial score (nSPS) is 19.0. The Kier molecular flexibility index (Phi) is 3.06. The molecule has 1 aliphatic rings. The lowest BCUT2D eigenvalue weighted by Gasteiger charge is -2.23. The van der Waals surface area contributed by atoms with Gasteiger partial charge in [0, 0.05) is 25.0 Å². The molecular weight excluding hydrogens is 244 g/mol. The Balaban J connectivity index is 1.74. The molecule has 0 bridgehead atoms. The number of aryl methyl sites for hydroxylation is 1. The van der Waals surface area contributed by atoms with Crippen LogP contribution in [0.2, 0.25) is 0 Å². The smallest absolute Gasteiger partial charge is 0.276 e. The maximum absolute atomic E-state index is 12.4. The second-order valence-corrected chi connectivity index (χ2v) is 4.85. The third-order valence-corrected chi connectivity index (χ3v) is 3.44. The van der Waals surface area contributed by atoms with Crippen molar-refractivity contribution in [3.8, 4) is 0 Å². The molecule has 1 fully saturated rings. The Labute approximate surface area is 111 Å². The molecule has 19 heavy (non-hydrogen) atoms. The van der Waals surface area contributed by atoms with E-state index >= 15 is 0 Å². The number of nitrogens with zero attached hydrogens (tertiary/aromatic N) is 4. The highest BCUT2D eigenvalue weighted by atomic mass is 16.5. The summed E-state index contributed by atoms with van der Waals surface area (Å²) in [6, 6.07) is 3.76. The van der Waals surface area contributed by atoms with Crippen LogP contribution in [-0.2, 0) is 6.54 Å². The van der Waals surface area contributed by atoms with Crippen molar-refractivity contribution in [1.29, 1.82) is 0 Å². The highest BCUT2D eigenvalue weighted by molar-refractivity contribution is 5.92. The highest BCUT2D eigenvalue weighted by Gasteiger charge is 2.31. The van der Waals surface area contributed by atoms with E-state index in [9.17, 15) is 4.79 Å². The molecule has 1 amide bonds. The molecule has 0 aliphatic carbocycles. The highest BCUT2D eigenvalue weighted by Crippen LogP contribution is 2.21. The SMILES string of the molecule is Cc1cc(C(=O)N2CCC[C@@H]2Cn2cccn2)no1. The number of carbonyl (C=O) groups is 1. The molecule has 1 aliphatic heterocycles. The number of aromatic nitrogens is 3. The maximum Gasteiger partial charge on any atom is 0.276 e. The average molecular weight is 260 g/mol. The van der Waals surface area contributed by atoms with E-state index in [1.165, 1.54) is 0 Å². The number of rotatable bonds is 3. The van der Waals surface area contributed by atoms with E-state index in [0.29, 0.717) is 11.5 Å². The third-order valence-electron chi connectivity index (χ3n) is 3.44. The second kappa shape index (κ2) is 4.87. The summed E-state index contributed by atoms with van der Waals surface area (Å²) in [4.78, 5) is 14.2. The molecule has 1 atom stereocenters. The van der Waals surface area contributed by atoms with Crippen LogP contribution in [0.4, 0.5) is 0 Å². The molecule has 6 heteroatoms. The van der Waals surface area contributed by atoms with Crippen molar-refractivity contribution < 1.29 is 9.32 Å². The number of carbonyl (C=O) groups excluding carboxylic acids is 1. The van der Waals surface area contributed by atoms with Gasteiger partial charge in [-0.3, -0.25) is 9.48 Å². The fraction of sp³-hybridized carbons (Fsp3) is 0.462. The first kappa shape index (κ1) is 12.0. The summed E-state index contributed by atoms with van der Waals surface area (Å²) < 4.78 is 6.84. The van der Waals surface area contributed by atoms with Crippen molar-refractivity contribution >= 4 is 5.91 Å². The first-order valence-corrected chi connectivity index (χ1v) is 6.46. The van der Waals surface area contributed by atoms with E-state index in [1.54, 1.807) is 19.2 Å². The van der Waals surface area contributed by atoms with Gasteiger partial charge in [0.1, 0.15) is 5.76 Å². The lowest BCUT2D eigenvalue weighted by Crippen LogP contribution is -2.38. The van der Waals surface area contributed by atoms with Crippen molar-refractivity contribution in [2.75, 3.05) is 6.54 Å². The quantitative estimate of drug-likeness (QED) is 0.838. The lowest BCUT2D eigenvalue weighted by atomic mass is 10.2. The number of likely N-dealkylation sites (tertiary alicyclic amines) is 1. The zero-order valence-electron chi connectivity index (χ0n) is 10.8. The third kappa shape index (κ3) is 2.38. The predicted molar refractivity (Wildman–Crippen MR) is 67.5 cm³/mol. The van der Waals surface area contributed by atoms with Crippen LogP contribution in [0.3, 0.4) is 0 Å². The molecule has 0 N–H and O–H groups in total. The maximum atomic E-state index is 12.4. The summed E-state index contributed by atoms with van der Waals surface area (Å²) in [6.07, 6.45) is 5.69. The molecule has 6 nitrogen and oxygen atoms in total. The van der Waals surface area contributed by atoms with Crippen molar-refractivity contribution in [2.45, 2.75) is 32.4 Å². The van der Waals surface area contributed by atoms with Gasteiger partial charge >= 0.3 is 0 Å². The van der Waals surface area contributed by atoms with Gasteiger partial charge in [0.05, 0.1) is 12.6 Å². The molecule has 0 radical (unpaired) electrons. The molecular formula is C13H16N4O2. The van der Waals surface area contributed by atoms with E-state index in [2.05, 4.69) is 10.3 Å². The van der Waals surface area contributed by atoms with Crippen molar-refractivity contribution in [3.05, 3.63) is 36.0 Å². The first-order valence-electron chi connectivity index (χ1n) is 6.46. The van der Waals surface area contributed by atoms with E-state index < -0.39 is 0 Å². The number of hydrogen-bond donors (Lipinski definition) is 0. The van der Waals surface area contributed by atoms with Gasteiger partial charge in [-0.2, -0.15) is 5.10 Å². The van der Waals surface area contributed by atoms with Crippen LogP contribution in [-0.4, -0.2) is 38.3 Å². The van der Waals surface area contributed by atoms with Gasteiger partial charge in [0.15, 0.2) is 5.69 Å². The van der Waals surface area contributed by atoms with Gasteiger partial charge in [-0.25, -0.2) is 0 Å². The summed E-state index contributed by atoms with van der Waals surface area (Å²) in [5.74, 6) is 0.609. The van der Waals surface area contributed by atoms with Gasteiger partial charge < -0.3 is 9.42 Å². The Bertz CT molecular complexity index is 561. The number of amides is 1. The van der Waals surface area contributed by atoms with Gasteiger partial charge in [0.2, 0.25) is 0 Å². The predicted octanol–water partition coefficient (Wildman–Crippen LogP) is 1.48. The van der Waals surface area contributed by atoms with Gasteiger partial charge in [0.25, 0.3) is 5.91 Å². The van der Waals surface area contributed by atoms with E-state index in [-0.39, 0.29) is 11.9 Å². The fourth-order valence-electron chi connectivity index (χ4n) is 2.53. The molecule has 0 unspecified atom stereocenters. The zero-order valence-corrected chi connectivity index (χ0v) is 10.8. The summed E-state index contributed by atoms with van der Waals surface area (Å²) in [5, 5.41) is 8.00. The molecule has 2 aromatic rings. The van der Waals surface area contributed by atoms with Crippen molar-refractivity contribution in [2.24, 2.45) is 0 Å². The molecule has 0 aromatic carbocycles. The average Bonchev–Trinajstić information content (AvgIpc) is 3.10. The van der Waals surface area contributed by atoms with Gasteiger partial charge in [-0.15, -0.1) is 0 Å². The topological polar surface area (TPSA) is 64.2 Å². The van der Waals surface area contributed by atoms with Gasteiger partial charge in [-0.1, -0.05) is 5.16 Å². The Morgan fingerprint density at radius 3 is 3.16 bits per heavy atom. The van der Waals surface area contributed by atoms with Gasteiger partial charge in [-0.05, 0) is 25.8 Å². The molecule has 3 heterocycles. The molecule has 3 rings (SSSR count). The zero-order chi connectivity index (χ0) is 13.2. The molecule has 0 saturated carbocycles. The summed E-state index contributed by atoms with van der Waals surface area (Å²) >= 11 is 0. The second-order valence-electron chi connectivity index (χ2n) is 4.85. The van der Waals surface area contributed by atoms with Crippen LogP contribution < -0.4 is 0 Å². The molecule has 1 saturated heterocycles. The van der Waals surface area contributed by atoms with Crippen LogP contribution in [0.1, 0.15) is 29.1 Å². The molecule has 0 spiro atoms. The lowest BCUT2D eigenvalue weighted by molar-refractivity contribution is 0.0711. The van der Waals surface area contributed by atoms with Crippen molar-refractivity contribution in [3.63, 3.8) is 0 Å². The molecule has 100 valence electrons. The van der Waals surface area contributed by atoms with Crippen molar-refractivity contribution in [1.82, 2.24) is 19.8 Å².